The molecule has 0 bridgehead atoms. The Hall–Kier alpha value is -2.25. The highest BCUT2D eigenvalue weighted by Crippen LogP contribution is 2.63. The van der Waals surface area contributed by atoms with Crippen molar-refractivity contribution in [2.24, 2.45) is 5.73 Å². The summed E-state index contributed by atoms with van der Waals surface area (Å²) in [5.41, 5.74) is 0.478. The number of nitrogens with two attached hydrogens (primary N) is 1. The quantitative estimate of drug-likeness (QED) is 0.247. The van der Waals surface area contributed by atoms with Gasteiger partial charge in [-0.2, -0.15) is 17.6 Å². The number of hydrogen-bond acceptors (Lipinski definition) is 5. The van der Waals surface area contributed by atoms with Crippen LogP contribution >= 0.6 is 34.9 Å². The molecule has 15 heteroatoms. The number of benzene rings is 2. The lowest BCUT2D eigenvalue weighted by molar-refractivity contribution is -0.0510. The van der Waals surface area contributed by atoms with Gasteiger partial charge in [0.1, 0.15) is 28.8 Å². The first-order valence-corrected chi connectivity index (χ1v) is 11.8. The molecule has 0 aliphatic carbocycles. The molecular formula is C18H12BrF5NO6PS. The van der Waals surface area contributed by atoms with E-state index in [9.17, 15) is 31.3 Å². The first-order chi connectivity index (χ1) is 15.2. The predicted octanol–water partition coefficient (Wildman–Crippen LogP) is 5.31. The molecule has 3 rings (SSSR count). The van der Waals surface area contributed by atoms with Crippen LogP contribution < -0.4 is 15.2 Å². The van der Waals surface area contributed by atoms with Crippen LogP contribution in [0.25, 0.3) is 10.1 Å². The zero-order valence-corrected chi connectivity index (χ0v) is 19.2. The maximum absolute atomic E-state index is 14.4. The molecule has 33 heavy (non-hydrogen) atoms. The number of fused-ring (bicyclic) bond motifs is 1. The summed E-state index contributed by atoms with van der Waals surface area (Å²) >= 11 is 3.15. The Morgan fingerprint density at radius 3 is 2.45 bits per heavy atom. The SMILES string of the molecule is NC(=O)c1cc(OCc2ccc(F)cc2OC(F)F)c2sc(C(F)(F)P(=O)(O)O)c(Br)c2c1. The van der Waals surface area contributed by atoms with E-state index < -0.39 is 53.3 Å². The summed E-state index contributed by atoms with van der Waals surface area (Å²) < 4.78 is 88.1. The minimum Gasteiger partial charge on any atom is -0.487 e. The molecule has 0 unspecified atom stereocenters. The number of ether oxygens (including phenoxy) is 2. The van der Waals surface area contributed by atoms with Gasteiger partial charge in [-0.1, -0.05) is 0 Å². The number of halogens is 6. The highest BCUT2D eigenvalue weighted by Gasteiger charge is 2.53. The predicted molar refractivity (Wildman–Crippen MR) is 111 cm³/mol. The maximum atomic E-state index is 14.4. The van der Waals surface area contributed by atoms with Crippen molar-refractivity contribution in [2.75, 3.05) is 0 Å². The molecule has 0 atom stereocenters. The lowest BCUT2D eigenvalue weighted by Crippen LogP contribution is -2.12. The van der Waals surface area contributed by atoms with Crippen LogP contribution in [-0.4, -0.2) is 22.3 Å². The van der Waals surface area contributed by atoms with Crippen LogP contribution in [0.3, 0.4) is 0 Å². The molecule has 3 aromatic rings. The second-order valence-corrected chi connectivity index (χ2v) is 9.93. The summed E-state index contributed by atoms with van der Waals surface area (Å²) in [6.45, 7) is -3.78. The lowest BCUT2D eigenvalue weighted by atomic mass is 10.1. The monoisotopic (exact) mass is 575 g/mol. The van der Waals surface area contributed by atoms with E-state index in [1.165, 1.54) is 0 Å². The Morgan fingerprint density at radius 2 is 1.88 bits per heavy atom. The number of alkyl halides is 4. The molecule has 4 N–H and O–H groups in total. The van der Waals surface area contributed by atoms with Crippen molar-refractivity contribution >= 4 is 50.9 Å². The normalized spacial score (nSPS) is 12.4. The van der Waals surface area contributed by atoms with Crippen LogP contribution in [0, 0.1) is 5.82 Å². The third kappa shape index (κ3) is 5.14. The molecule has 1 aromatic heterocycles. The van der Waals surface area contributed by atoms with Gasteiger partial charge in [-0.25, -0.2) is 4.39 Å². The Bertz CT molecular complexity index is 1280. The molecule has 7 nitrogen and oxygen atoms in total. The van der Waals surface area contributed by atoms with Gasteiger partial charge < -0.3 is 25.0 Å². The fourth-order valence-corrected chi connectivity index (χ4v) is 5.70. The van der Waals surface area contributed by atoms with E-state index in [1.54, 1.807) is 0 Å². The molecular weight excluding hydrogens is 564 g/mol. The fourth-order valence-electron chi connectivity index (χ4n) is 2.72. The van der Waals surface area contributed by atoms with E-state index in [-0.39, 0.29) is 38.3 Å². The number of thiophene rings is 1. The van der Waals surface area contributed by atoms with E-state index in [4.69, 9.17) is 20.3 Å². The van der Waals surface area contributed by atoms with Gasteiger partial charge in [0.2, 0.25) is 5.91 Å². The molecule has 178 valence electrons. The van der Waals surface area contributed by atoms with E-state index >= 15 is 0 Å². The van der Waals surface area contributed by atoms with E-state index in [2.05, 4.69) is 20.7 Å². The minimum atomic E-state index is -5.92. The van der Waals surface area contributed by atoms with Gasteiger partial charge in [-0.15, -0.1) is 11.3 Å². The summed E-state index contributed by atoms with van der Waals surface area (Å²) in [7, 11) is -5.92. The van der Waals surface area contributed by atoms with Crippen LogP contribution in [0.4, 0.5) is 22.0 Å². The largest absolute Gasteiger partial charge is 0.487 e. The van der Waals surface area contributed by atoms with Gasteiger partial charge in [0.05, 0.1) is 4.70 Å². The van der Waals surface area contributed by atoms with Crippen LogP contribution in [0.1, 0.15) is 20.8 Å². The van der Waals surface area contributed by atoms with Crippen LogP contribution in [-0.2, 0) is 16.8 Å². The van der Waals surface area contributed by atoms with Gasteiger partial charge in [0.15, 0.2) is 0 Å². The Kier molecular flexibility index (Phi) is 7.06. The molecule has 0 aliphatic heterocycles. The molecule has 0 radical (unpaired) electrons. The van der Waals surface area contributed by atoms with Crippen LogP contribution in [0.5, 0.6) is 11.5 Å². The smallest absolute Gasteiger partial charge is 0.400 e. The highest BCUT2D eigenvalue weighted by atomic mass is 79.9. The average Bonchev–Trinajstić information content (AvgIpc) is 3.03. The van der Waals surface area contributed by atoms with Crippen molar-refractivity contribution in [1.29, 1.82) is 0 Å². The highest BCUT2D eigenvalue weighted by molar-refractivity contribution is 9.10. The lowest BCUT2D eigenvalue weighted by Gasteiger charge is -2.16. The van der Waals surface area contributed by atoms with Gasteiger partial charge in [0, 0.05) is 27.1 Å². The van der Waals surface area contributed by atoms with E-state index in [0.29, 0.717) is 6.07 Å². The standard InChI is InChI=1S/C18H12BrF5NO6PS/c19-13-10-3-8(16(25)26)4-12(14(10)33-15(13)18(23,24)32(27,28)29)30-6-7-1-2-9(20)5-11(7)31-17(21)22/h1-5,17H,6H2,(H2,25,26)(H2,27,28,29). The molecule has 1 amide bonds. The summed E-state index contributed by atoms with van der Waals surface area (Å²) in [6, 6.07) is 4.95. The van der Waals surface area contributed by atoms with Crippen molar-refractivity contribution < 1.29 is 50.6 Å². The zero-order valence-electron chi connectivity index (χ0n) is 15.9. The van der Waals surface area contributed by atoms with Crippen LogP contribution in [0.15, 0.2) is 34.8 Å². The fraction of sp³-hybridized carbons (Fsp3) is 0.167. The topological polar surface area (TPSA) is 119 Å². The van der Waals surface area contributed by atoms with Crippen molar-refractivity contribution in [3.05, 3.63) is 56.6 Å². The molecule has 0 spiro atoms. The van der Waals surface area contributed by atoms with E-state index in [0.717, 1.165) is 24.3 Å². The molecule has 0 saturated carbocycles. The van der Waals surface area contributed by atoms with Gasteiger partial charge in [-0.05, 0) is 40.2 Å². The molecule has 2 aromatic carbocycles. The van der Waals surface area contributed by atoms with Gasteiger partial charge in [0.25, 0.3) is 0 Å². The molecule has 0 fully saturated rings. The maximum Gasteiger partial charge on any atom is 0.400 e. The zero-order chi connectivity index (χ0) is 24.7. The molecule has 0 saturated heterocycles. The number of rotatable bonds is 8. The van der Waals surface area contributed by atoms with Gasteiger partial charge in [-0.3, -0.25) is 9.36 Å². The molecule has 0 aliphatic rings. The third-order valence-corrected chi connectivity index (χ3v) is 7.73. The van der Waals surface area contributed by atoms with Crippen molar-refractivity contribution in [2.45, 2.75) is 18.9 Å². The van der Waals surface area contributed by atoms with Crippen molar-refractivity contribution in [1.82, 2.24) is 0 Å². The second-order valence-electron chi connectivity index (χ2n) is 6.46. The number of hydrogen-bond donors (Lipinski definition) is 3. The number of primary amides is 1. The minimum absolute atomic E-state index is 0.0364. The molecule has 1 heterocycles. The van der Waals surface area contributed by atoms with E-state index in [1.807, 2.05) is 0 Å². The third-order valence-electron chi connectivity index (χ3n) is 4.25. The van der Waals surface area contributed by atoms with Crippen molar-refractivity contribution in [3.8, 4) is 11.5 Å². The van der Waals surface area contributed by atoms with Gasteiger partial charge >= 0.3 is 19.9 Å². The number of carbonyl (C=O) groups excluding carboxylic acids is 1. The first kappa shape index (κ1) is 25.4. The second kappa shape index (κ2) is 9.18. The number of amides is 1. The average molecular weight is 576 g/mol. The van der Waals surface area contributed by atoms with Crippen LogP contribution in [0.2, 0.25) is 0 Å². The summed E-state index contributed by atoms with van der Waals surface area (Å²) in [4.78, 5) is 28.8. The Labute approximate surface area is 194 Å². The first-order valence-electron chi connectivity index (χ1n) is 8.58. The Balaban J connectivity index is 2.11. The van der Waals surface area contributed by atoms with Crippen molar-refractivity contribution in [3.63, 3.8) is 0 Å². The Morgan fingerprint density at radius 1 is 1.21 bits per heavy atom. The summed E-state index contributed by atoms with van der Waals surface area (Å²) in [6.07, 6.45) is 0. The summed E-state index contributed by atoms with van der Waals surface area (Å²) in [5.74, 6) is -2.58. The summed E-state index contributed by atoms with van der Waals surface area (Å²) in [5, 5.41) is -0.0578. The number of carbonyl (C=O) groups is 1.